The molecule has 0 atom stereocenters. The Labute approximate surface area is 288 Å². The number of urea groups is 1. The summed E-state index contributed by atoms with van der Waals surface area (Å²) in [4.78, 5) is 12.7. The molecule has 4 aromatic carbocycles. The number of methoxy groups -OCH3 is 2. The van der Waals surface area contributed by atoms with Crippen LogP contribution in [0.5, 0.6) is 11.5 Å². The van der Waals surface area contributed by atoms with E-state index in [2.05, 4.69) is 55.8 Å². The maximum Gasteiger partial charge on any atom is 0.319 e. The van der Waals surface area contributed by atoms with Crippen LogP contribution in [0, 0.1) is 11.6 Å². The van der Waals surface area contributed by atoms with Crippen LogP contribution >= 0.6 is 45.2 Å². The predicted molar refractivity (Wildman–Crippen MR) is 189 cm³/mol. The van der Waals surface area contributed by atoms with Crippen molar-refractivity contribution < 1.29 is 31.5 Å². The molecule has 0 radical (unpaired) electrons. The molecular formula is C32H31F2I2N3O5S. The zero-order valence-electron chi connectivity index (χ0n) is 24.4. The number of halogens is 4. The Morgan fingerprint density at radius 1 is 0.844 bits per heavy atom. The van der Waals surface area contributed by atoms with Crippen molar-refractivity contribution in [2.75, 3.05) is 36.9 Å². The summed E-state index contributed by atoms with van der Waals surface area (Å²) in [6.07, 6.45) is -0.197. The Kier molecular flexibility index (Phi) is 12.2. The summed E-state index contributed by atoms with van der Waals surface area (Å²) in [6.45, 7) is -0.264. The fourth-order valence-corrected chi connectivity index (χ4v) is 7.12. The Hall–Kier alpha value is -3.18. The Morgan fingerprint density at radius 2 is 1.51 bits per heavy atom. The van der Waals surface area contributed by atoms with E-state index < -0.39 is 27.7 Å². The third-order valence-electron chi connectivity index (χ3n) is 6.88. The van der Waals surface area contributed by atoms with E-state index in [0.29, 0.717) is 21.4 Å². The van der Waals surface area contributed by atoms with Crippen LogP contribution in [0.4, 0.5) is 25.0 Å². The van der Waals surface area contributed by atoms with Crippen LogP contribution in [0.15, 0.2) is 83.8 Å². The second-order valence-electron chi connectivity index (χ2n) is 9.78. The van der Waals surface area contributed by atoms with Gasteiger partial charge in [-0.15, -0.1) is 0 Å². The number of rotatable bonds is 13. The van der Waals surface area contributed by atoms with Crippen LogP contribution in [-0.4, -0.2) is 41.8 Å². The van der Waals surface area contributed by atoms with E-state index >= 15 is 0 Å². The number of anilines is 2. The average Bonchev–Trinajstić information content (AvgIpc) is 3.04. The van der Waals surface area contributed by atoms with Gasteiger partial charge in [-0.2, -0.15) is 0 Å². The van der Waals surface area contributed by atoms with E-state index in [0.717, 1.165) is 32.0 Å². The number of benzene rings is 4. The molecule has 0 aliphatic carbocycles. The molecule has 13 heteroatoms. The van der Waals surface area contributed by atoms with Crippen molar-refractivity contribution in [3.05, 3.63) is 113 Å². The van der Waals surface area contributed by atoms with Crippen LogP contribution in [0.2, 0.25) is 0 Å². The van der Waals surface area contributed by atoms with Gasteiger partial charge in [0.15, 0.2) is 11.5 Å². The van der Waals surface area contributed by atoms with Gasteiger partial charge in [0.2, 0.25) is 0 Å². The van der Waals surface area contributed by atoms with Gasteiger partial charge in [-0.3, -0.25) is 4.31 Å². The predicted octanol–water partition coefficient (Wildman–Crippen LogP) is 7.46. The first kappa shape index (κ1) is 34.7. The molecule has 2 amide bonds. The fraction of sp³-hybridized carbons (Fsp3) is 0.219. The molecule has 8 nitrogen and oxygen atoms in total. The zero-order chi connectivity index (χ0) is 32.6. The monoisotopic (exact) mass is 861 g/mol. The van der Waals surface area contributed by atoms with Gasteiger partial charge in [0.1, 0.15) is 11.6 Å². The Morgan fingerprint density at radius 3 is 2.18 bits per heavy atom. The lowest BCUT2D eigenvalue weighted by atomic mass is 10.00. The first-order chi connectivity index (χ1) is 21.6. The van der Waals surface area contributed by atoms with Gasteiger partial charge in [-0.1, -0.05) is 75.5 Å². The highest BCUT2D eigenvalue weighted by Gasteiger charge is 2.29. The molecule has 4 aromatic rings. The summed E-state index contributed by atoms with van der Waals surface area (Å²) in [5, 5.41) is 5.48. The molecular weight excluding hydrogens is 830 g/mol. The molecule has 0 fully saturated rings. The van der Waals surface area contributed by atoms with E-state index in [1.54, 1.807) is 24.3 Å². The maximum atomic E-state index is 14.8. The minimum atomic E-state index is -4.30. The Bertz CT molecular complexity index is 1760. The molecule has 2 N–H and O–H groups in total. The summed E-state index contributed by atoms with van der Waals surface area (Å²) in [7, 11) is -1.46. The number of ether oxygens (including phenoxy) is 2. The molecule has 0 aliphatic heterocycles. The van der Waals surface area contributed by atoms with Gasteiger partial charge >= 0.3 is 6.03 Å². The molecule has 4 rings (SSSR count). The van der Waals surface area contributed by atoms with Crippen molar-refractivity contribution in [2.24, 2.45) is 0 Å². The topological polar surface area (TPSA) is 97.0 Å². The van der Waals surface area contributed by atoms with E-state index in [1.807, 2.05) is 18.2 Å². The van der Waals surface area contributed by atoms with E-state index in [1.165, 1.54) is 38.5 Å². The normalized spacial score (nSPS) is 11.2. The standard InChI is InChI=1S/C32H31F2I2N3O5S/c1-43-30-12-10-25(18-31(30)44-2)45(41,42)39(14-13-37-32(40)38-24-6-3-5-21(16-24)19-35)29-11-9-22(20-36)15-23(29)17-26-27(33)7-4-8-28(26)34/h3-12,15-16,18H,13-14,17,19-20H2,1-2H3,(H2,37,38,40). The second-order valence-corrected chi connectivity index (χ2v) is 13.2. The molecule has 0 saturated heterocycles. The maximum absolute atomic E-state index is 14.8. The van der Waals surface area contributed by atoms with Gasteiger partial charge in [-0.25, -0.2) is 22.0 Å². The summed E-state index contributed by atoms with van der Waals surface area (Å²) in [6, 6.07) is 19.8. The highest BCUT2D eigenvalue weighted by atomic mass is 127. The number of hydrogen-bond acceptors (Lipinski definition) is 5. The largest absolute Gasteiger partial charge is 0.493 e. The third kappa shape index (κ3) is 8.55. The van der Waals surface area contributed by atoms with Crippen molar-refractivity contribution >= 4 is 72.6 Å². The zero-order valence-corrected chi connectivity index (χ0v) is 29.6. The van der Waals surface area contributed by atoms with Crippen LogP contribution in [0.1, 0.15) is 22.3 Å². The molecule has 0 bridgehead atoms. The van der Waals surface area contributed by atoms with Gasteiger partial charge in [0.25, 0.3) is 10.0 Å². The molecule has 0 spiro atoms. The molecule has 0 heterocycles. The Balaban J connectivity index is 1.72. The lowest BCUT2D eigenvalue weighted by molar-refractivity contribution is 0.252. The number of sulfonamides is 1. The molecule has 238 valence electrons. The lowest BCUT2D eigenvalue weighted by Gasteiger charge is -2.28. The first-order valence-electron chi connectivity index (χ1n) is 13.7. The van der Waals surface area contributed by atoms with Crippen molar-refractivity contribution in [2.45, 2.75) is 20.2 Å². The number of amides is 2. The second kappa shape index (κ2) is 15.9. The number of alkyl halides is 2. The minimum Gasteiger partial charge on any atom is -0.493 e. The van der Waals surface area contributed by atoms with E-state index in [9.17, 15) is 22.0 Å². The molecule has 0 saturated carbocycles. The molecule has 0 aliphatic rings. The smallest absolute Gasteiger partial charge is 0.319 e. The van der Waals surface area contributed by atoms with Crippen molar-refractivity contribution in [3.8, 4) is 11.5 Å². The van der Waals surface area contributed by atoms with Crippen LogP contribution in [0.25, 0.3) is 0 Å². The molecule has 0 unspecified atom stereocenters. The highest BCUT2D eigenvalue weighted by molar-refractivity contribution is 14.1. The highest BCUT2D eigenvalue weighted by Crippen LogP contribution is 2.35. The van der Waals surface area contributed by atoms with Gasteiger partial charge in [-0.05, 0) is 59.2 Å². The van der Waals surface area contributed by atoms with Crippen molar-refractivity contribution in [1.82, 2.24) is 5.32 Å². The SMILES string of the molecule is COc1ccc(S(=O)(=O)N(CCNC(=O)Nc2cccc(CI)c2)c2ccc(CI)cc2Cc2c(F)cccc2F)cc1OC. The van der Waals surface area contributed by atoms with Crippen LogP contribution in [-0.2, 0) is 25.3 Å². The van der Waals surface area contributed by atoms with Crippen molar-refractivity contribution in [1.29, 1.82) is 0 Å². The average molecular weight is 861 g/mol. The summed E-state index contributed by atoms with van der Waals surface area (Å²) >= 11 is 4.39. The lowest BCUT2D eigenvalue weighted by Crippen LogP contribution is -2.40. The summed E-state index contributed by atoms with van der Waals surface area (Å²) < 4.78 is 71.2. The van der Waals surface area contributed by atoms with E-state index in [-0.39, 0.29) is 41.4 Å². The van der Waals surface area contributed by atoms with Crippen molar-refractivity contribution in [3.63, 3.8) is 0 Å². The number of nitrogens with zero attached hydrogens (tertiary/aromatic N) is 1. The summed E-state index contributed by atoms with van der Waals surface area (Å²) in [5.74, 6) is -0.922. The number of carbonyl (C=O) groups is 1. The van der Waals surface area contributed by atoms with Crippen LogP contribution < -0.4 is 24.4 Å². The quantitative estimate of drug-likeness (QED) is 0.108. The number of carbonyl (C=O) groups excluding carboxylic acids is 1. The van der Waals surface area contributed by atoms with Gasteiger partial charge in [0, 0.05) is 39.1 Å². The van der Waals surface area contributed by atoms with E-state index in [4.69, 9.17) is 9.47 Å². The first-order valence-corrected chi connectivity index (χ1v) is 18.2. The fourth-order valence-electron chi connectivity index (χ4n) is 4.65. The third-order valence-corrected chi connectivity index (χ3v) is 10.4. The molecule has 45 heavy (non-hydrogen) atoms. The van der Waals surface area contributed by atoms with Crippen LogP contribution in [0.3, 0.4) is 0 Å². The number of nitrogens with one attached hydrogen (secondary N) is 2. The number of hydrogen-bond donors (Lipinski definition) is 2. The summed E-state index contributed by atoms with van der Waals surface area (Å²) in [5.41, 5.74) is 2.92. The van der Waals surface area contributed by atoms with Gasteiger partial charge in [0.05, 0.1) is 31.3 Å². The van der Waals surface area contributed by atoms with Gasteiger partial charge < -0.3 is 20.1 Å². The molecule has 0 aromatic heterocycles. The minimum absolute atomic E-state index is 0.0775.